The molecule has 0 radical (unpaired) electrons. The van der Waals surface area contributed by atoms with Gasteiger partial charge in [0.2, 0.25) is 0 Å². The molecule has 88 valence electrons. The molecule has 0 saturated carbocycles. The van der Waals surface area contributed by atoms with Gasteiger partial charge in [0.1, 0.15) is 12.2 Å². The first-order chi connectivity index (χ1) is 7.24. The van der Waals surface area contributed by atoms with Crippen molar-refractivity contribution in [2.75, 3.05) is 11.4 Å². The lowest BCUT2D eigenvalue weighted by Gasteiger charge is -2.15. The largest absolute Gasteiger partial charge is 0.294 e. The Balaban J connectivity index is 0.00000128. The number of rotatable bonds is 3. The number of fused-ring (bicyclic) bond motifs is 1. The molecule has 0 unspecified atom stereocenters. The lowest BCUT2D eigenvalue weighted by molar-refractivity contribution is 0.725. The zero-order valence-electron chi connectivity index (χ0n) is 8.85. The minimum Gasteiger partial charge on any atom is -0.294 e. The quantitative estimate of drug-likeness (QED) is 0.638. The summed E-state index contributed by atoms with van der Waals surface area (Å²) in [5, 5.41) is 5.28. The topological polar surface area (TPSA) is 30.3 Å². The summed E-state index contributed by atoms with van der Waals surface area (Å²) in [5.74, 6) is 0. The third kappa shape index (κ3) is 2.40. The van der Waals surface area contributed by atoms with E-state index in [-0.39, 0.29) is 13.5 Å². The van der Waals surface area contributed by atoms with Gasteiger partial charge in [0.25, 0.3) is 0 Å². The average Bonchev–Trinajstić information content (AvgIpc) is 2.61. The molecule has 0 spiro atoms. The highest BCUT2D eigenvalue weighted by atomic mass is 35.5. The summed E-state index contributed by atoms with van der Waals surface area (Å²) in [5.41, 5.74) is 2.10. The van der Waals surface area contributed by atoms with Crippen LogP contribution in [0, 0.1) is 0 Å². The molecule has 0 saturated heterocycles. The number of aryl methyl sites for hydroxylation is 1. The van der Waals surface area contributed by atoms with Gasteiger partial charge in [0, 0.05) is 19.5 Å². The van der Waals surface area contributed by atoms with Gasteiger partial charge in [-0.2, -0.15) is 22.3 Å². The van der Waals surface area contributed by atoms with E-state index in [1.807, 2.05) is 47.5 Å². The van der Waals surface area contributed by atoms with Crippen molar-refractivity contribution in [2.24, 2.45) is 7.05 Å². The standard InChI is InChI=1S/C9H10ClN3OS.H2S/c1-12-8-4-3-5-9(7(8)6-11-12)13(2)15-14-10;/h3-6H,1-2H3;1H2. The second-order valence-electron chi connectivity index (χ2n) is 3.11. The highest BCUT2D eigenvalue weighted by molar-refractivity contribution is 7.96. The summed E-state index contributed by atoms with van der Waals surface area (Å²) >= 11 is 6.27. The minimum atomic E-state index is 0. The number of nitrogens with zero attached hydrogens (tertiary/aromatic N) is 3. The van der Waals surface area contributed by atoms with Gasteiger partial charge >= 0.3 is 0 Å². The summed E-state index contributed by atoms with van der Waals surface area (Å²) < 4.78 is 8.18. The monoisotopic (exact) mass is 277 g/mol. The van der Waals surface area contributed by atoms with E-state index in [0.29, 0.717) is 0 Å². The maximum atomic E-state index is 5.20. The molecular weight excluding hydrogens is 266 g/mol. The van der Waals surface area contributed by atoms with Gasteiger partial charge in [-0.05, 0) is 12.1 Å². The van der Waals surface area contributed by atoms with E-state index < -0.39 is 0 Å². The number of hydrogen-bond acceptors (Lipinski definition) is 4. The van der Waals surface area contributed by atoms with E-state index in [0.717, 1.165) is 28.8 Å². The van der Waals surface area contributed by atoms with Gasteiger partial charge in [0.15, 0.2) is 0 Å². The average molecular weight is 278 g/mol. The van der Waals surface area contributed by atoms with Crippen LogP contribution in [0.5, 0.6) is 0 Å². The van der Waals surface area contributed by atoms with Gasteiger partial charge in [-0.3, -0.25) is 8.99 Å². The molecule has 2 aromatic rings. The summed E-state index contributed by atoms with van der Waals surface area (Å²) in [4.78, 5) is 0. The third-order valence-electron chi connectivity index (χ3n) is 2.25. The maximum absolute atomic E-state index is 5.20. The fourth-order valence-electron chi connectivity index (χ4n) is 1.52. The number of aromatic nitrogens is 2. The summed E-state index contributed by atoms with van der Waals surface area (Å²) in [6, 6.07) is 5.99. The molecule has 0 aliphatic carbocycles. The van der Waals surface area contributed by atoms with Crippen molar-refractivity contribution < 1.29 is 3.74 Å². The van der Waals surface area contributed by atoms with Crippen LogP contribution in [0.4, 0.5) is 5.69 Å². The molecule has 0 N–H and O–H groups in total. The normalized spacial score (nSPS) is 10.2. The molecule has 0 amide bonds. The van der Waals surface area contributed by atoms with E-state index in [2.05, 4.69) is 8.83 Å². The van der Waals surface area contributed by atoms with E-state index in [1.165, 1.54) is 0 Å². The van der Waals surface area contributed by atoms with Crippen molar-refractivity contribution in [3.63, 3.8) is 0 Å². The molecule has 0 aliphatic rings. The molecule has 0 atom stereocenters. The zero-order valence-corrected chi connectivity index (χ0v) is 11.4. The number of halogens is 1. The first kappa shape index (κ1) is 13.5. The Kier molecular flexibility index (Phi) is 4.79. The lowest BCUT2D eigenvalue weighted by Crippen LogP contribution is -2.05. The van der Waals surface area contributed by atoms with Crippen molar-refractivity contribution in [3.8, 4) is 0 Å². The van der Waals surface area contributed by atoms with Crippen LogP contribution in [0.15, 0.2) is 24.4 Å². The Morgan fingerprint density at radius 3 is 2.94 bits per heavy atom. The Morgan fingerprint density at radius 1 is 1.50 bits per heavy atom. The Labute approximate surface area is 110 Å². The Bertz CT molecular complexity index is 477. The fraction of sp³-hybridized carbons (Fsp3) is 0.222. The van der Waals surface area contributed by atoms with Crippen molar-refractivity contribution in [3.05, 3.63) is 24.4 Å². The van der Waals surface area contributed by atoms with Crippen molar-refractivity contribution >= 4 is 54.2 Å². The second-order valence-corrected chi connectivity index (χ2v) is 4.31. The van der Waals surface area contributed by atoms with Gasteiger partial charge in [0.05, 0.1) is 29.3 Å². The zero-order chi connectivity index (χ0) is 10.8. The van der Waals surface area contributed by atoms with Crippen LogP contribution >= 0.6 is 37.6 Å². The molecule has 2 rings (SSSR count). The Morgan fingerprint density at radius 2 is 2.25 bits per heavy atom. The van der Waals surface area contributed by atoms with Crippen LogP contribution in [0.2, 0.25) is 0 Å². The predicted molar refractivity (Wildman–Crippen MR) is 74.0 cm³/mol. The molecule has 0 aliphatic heterocycles. The van der Waals surface area contributed by atoms with E-state index in [4.69, 9.17) is 11.9 Å². The SMILES string of the molecule is CN(SOCl)c1cccc2c1cnn2C.S. The number of hydrogen-bond donors (Lipinski definition) is 0. The van der Waals surface area contributed by atoms with Crippen LogP contribution in [-0.2, 0) is 10.8 Å². The summed E-state index contributed by atoms with van der Waals surface area (Å²) in [6.07, 6.45) is 1.83. The highest BCUT2D eigenvalue weighted by Crippen LogP contribution is 2.29. The van der Waals surface area contributed by atoms with Gasteiger partial charge in [-0.1, -0.05) is 6.07 Å². The fourth-order valence-corrected chi connectivity index (χ4v) is 2.10. The summed E-state index contributed by atoms with van der Waals surface area (Å²) in [6.45, 7) is 0. The van der Waals surface area contributed by atoms with Gasteiger partial charge in [-0.25, -0.2) is 0 Å². The molecule has 7 heteroatoms. The smallest absolute Gasteiger partial charge is 0.135 e. The van der Waals surface area contributed by atoms with Crippen LogP contribution in [0.25, 0.3) is 10.9 Å². The van der Waals surface area contributed by atoms with Crippen LogP contribution in [0.3, 0.4) is 0 Å². The Hall–Kier alpha value is -0.560. The van der Waals surface area contributed by atoms with Crippen molar-refractivity contribution in [2.45, 2.75) is 0 Å². The number of benzene rings is 1. The molecule has 0 fully saturated rings. The molecule has 1 aromatic carbocycles. The molecular formula is C9H12ClN3OS2. The van der Waals surface area contributed by atoms with Crippen LogP contribution < -0.4 is 4.31 Å². The number of anilines is 1. The summed E-state index contributed by atoms with van der Waals surface area (Å²) in [7, 11) is 3.80. The first-order valence-corrected chi connectivity index (χ1v) is 5.34. The molecule has 0 bridgehead atoms. The first-order valence-electron chi connectivity index (χ1n) is 4.34. The van der Waals surface area contributed by atoms with E-state index >= 15 is 0 Å². The molecule has 1 heterocycles. The van der Waals surface area contributed by atoms with E-state index in [1.54, 1.807) is 0 Å². The lowest BCUT2D eigenvalue weighted by atomic mass is 10.2. The third-order valence-corrected chi connectivity index (χ3v) is 2.89. The molecule has 16 heavy (non-hydrogen) atoms. The van der Waals surface area contributed by atoms with Crippen molar-refractivity contribution in [1.29, 1.82) is 0 Å². The molecule has 1 aromatic heterocycles. The van der Waals surface area contributed by atoms with Gasteiger partial charge < -0.3 is 0 Å². The predicted octanol–water partition coefficient (Wildman–Crippen LogP) is 2.86. The van der Waals surface area contributed by atoms with E-state index in [9.17, 15) is 0 Å². The van der Waals surface area contributed by atoms with Gasteiger partial charge in [-0.15, -0.1) is 0 Å². The molecule has 4 nitrogen and oxygen atoms in total. The second kappa shape index (κ2) is 5.67. The maximum Gasteiger partial charge on any atom is 0.135 e. The minimum absolute atomic E-state index is 0. The highest BCUT2D eigenvalue weighted by Gasteiger charge is 2.09. The van der Waals surface area contributed by atoms with Crippen LogP contribution in [0.1, 0.15) is 0 Å². The van der Waals surface area contributed by atoms with Crippen molar-refractivity contribution in [1.82, 2.24) is 9.78 Å². The van der Waals surface area contributed by atoms with Crippen LogP contribution in [-0.4, -0.2) is 16.8 Å².